The minimum atomic E-state index is -4.42. The highest BCUT2D eigenvalue weighted by molar-refractivity contribution is 5.30. The first kappa shape index (κ1) is 18.2. The first-order valence-electron chi connectivity index (χ1n) is 8.91. The quantitative estimate of drug-likeness (QED) is 0.800. The minimum Gasteiger partial charge on any atom is -0.496 e. The molecule has 2 unspecified atom stereocenters. The van der Waals surface area contributed by atoms with Crippen LogP contribution in [0, 0.1) is 0 Å². The normalized spacial score (nSPS) is 23.1. The Morgan fingerprint density at radius 2 is 1.89 bits per heavy atom. The maximum atomic E-state index is 13.2. The molecule has 8 heteroatoms. The summed E-state index contributed by atoms with van der Waals surface area (Å²) in [7, 11) is 1.64. The van der Waals surface area contributed by atoms with Crippen LogP contribution in [0.25, 0.3) is 0 Å². The fraction of sp³-hybridized carbons (Fsp3) is 0.474. The number of alkyl halides is 3. The predicted octanol–water partition coefficient (Wildman–Crippen LogP) is 2.96. The van der Waals surface area contributed by atoms with Crippen LogP contribution in [0.3, 0.4) is 0 Å². The van der Waals surface area contributed by atoms with E-state index in [4.69, 9.17) is 4.74 Å². The van der Waals surface area contributed by atoms with E-state index in [0.717, 1.165) is 37.4 Å². The molecule has 0 spiro atoms. The van der Waals surface area contributed by atoms with E-state index in [1.807, 2.05) is 12.3 Å². The topological polar surface area (TPSA) is 41.5 Å². The van der Waals surface area contributed by atoms with Crippen LogP contribution >= 0.6 is 0 Å². The molecule has 2 atom stereocenters. The second-order valence-electron chi connectivity index (χ2n) is 7.11. The first-order valence-corrected chi connectivity index (χ1v) is 8.91. The standard InChI is InChI=1S/C19H21F3N4O/c1-27-17-4-6-23-8-14(17)9-25-11-15-7-16(12-25)26(15)10-13-3-2-5-24-18(13)19(20,21)22/h2-6,8,15-16H,7,9-12H2,1H3. The summed E-state index contributed by atoms with van der Waals surface area (Å²) >= 11 is 0. The van der Waals surface area contributed by atoms with Crippen molar-refractivity contribution >= 4 is 0 Å². The monoisotopic (exact) mass is 378 g/mol. The fourth-order valence-electron chi connectivity index (χ4n) is 4.15. The Kier molecular flexibility index (Phi) is 4.77. The number of aromatic nitrogens is 2. The number of fused-ring (bicyclic) bond motifs is 2. The van der Waals surface area contributed by atoms with Crippen molar-refractivity contribution in [2.24, 2.45) is 0 Å². The lowest BCUT2D eigenvalue weighted by Gasteiger charge is -2.56. The van der Waals surface area contributed by atoms with Crippen molar-refractivity contribution in [2.45, 2.75) is 37.8 Å². The van der Waals surface area contributed by atoms with Crippen LogP contribution in [0.5, 0.6) is 5.75 Å². The van der Waals surface area contributed by atoms with Gasteiger partial charge in [-0.15, -0.1) is 0 Å². The van der Waals surface area contributed by atoms with E-state index in [-0.39, 0.29) is 17.6 Å². The highest BCUT2D eigenvalue weighted by atomic mass is 19.4. The van der Waals surface area contributed by atoms with Crippen LogP contribution in [-0.4, -0.2) is 52.1 Å². The van der Waals surface area contributed by atoms with Crippen molar-refractivity contribution in [1.82, 2.24) is 19.8 Å². The van der Waals surface area contributed by atoms with Crippen LogP contribution in [-0.2, 0) is 19.3 Å². The number of piperidine rings is 1. The van der Waals surface area contributed by atoms with E-state index in [2.05, 4.69) is 19.8 Å². The first-order chi connectivity index (χ1) is 13.0. The van der Waals surface area contributed by atoms with Crippen molar-refractivity contribution in [3.05, 3.63) is 53.6 Å². The molecule has 2 bridgehead atoms. The largest absolute Gasteiger partial charge is 0.496 e. The number of hydrogen-bond donors (Lipinski definition) is 0. The summed E-state index contributed by atoms with van der Waals surface area (Å²) in [6.45, 7) is 2.69. The van der Waals surface area contributed by atoms with Crippen LogP contribution in [0.4, 0.5) is 13.2 Å². The summed E-state index contributed by atoms with van der Waals surface area (Å²) in [5.74, 6) is 0.811. The molecule has 0 saturated carbocycles. The Bertz CT molecular complexity index is 802. The number of ether oxygens (including phenoxy) is 1. The molecular formula is C19H21F3N4O. The summed E-state index contributed by atoms with van der Waals surface area (Å²) in [5, 5.41) is 0. The van der Waals surface area contributed by atoms with Gasteiger partial charge < -0.3 is 4.74 Å². The van der Waals surface area contributed by atoms with Gasteiger partial charge in [0, 0.05) is 62.4 Å². The number of pyridine rings is 2. The van der Waals surface area contributed by atoms with E-state index in [1.165, 1.54) is 12.3 Å². The number of rotatable bonds is 5. The third-order valence-electron chi connectivity index (χ3n) is 5.41. The molecule has 0 N–H and O–H groups in total. The van der Waals surface area contributed by atoms with Gasteiger partial charge >= 0.3 is 6.18 Å². The predicted molar refractivity (Wildman–Crippen MR) is 93.0 cm³/mol. The van der Waals surface area contributed by atoms with Gasteiger partial charge in [0.2, 0.25) is 0 Å². The van der Waals surface area contributed by atoms with E-state index >= 15 is 0 Å². The van der Waals surface area contributed by atoms with Gasteiger partial charge in [0.05, 0.1) is 7.11 Å². The Balaban J connectivity index is 1.42. The molecule has 0 radical (unpaired) electrons. The van der Waals surface area contributed by atoms with Gasteiger partial charge in [0.1, 0.15) is 11.4 Å². The molecule has 2 aromatic rings. The molecule has 3 saturated heterocycles. The van der Waals surface area contributed by atoms with Crippen molar-refractivity contribution < 1.29 is 17.9 Å². The third-order valence-corrected chi connectivity index (χ3v) is 5.41. The van der Waals surface area contributed by atoms with Crippen LogP contribution in [0.1, 0.15) is 23.2 Å². The molecule has 0 aromatic carbocycles. The zero-order valence-electron chi connectivity index (χ0n) is 15.0. The number of nitrogens with zero attached hydrogens (tertiary/aromatic N) is 4. The molecule has 5 rings (SSSR count). The summed E-state index contributed by atoms with van der Waals surface area (Å²) in [6, 6.07) is 5.48. The van der Waals surface area contributed by atoms with Gasteiger partial charge in [0.15, 0.2) is 0 Å². The second kappa shape index (κ2) is 7.09. The fourth-order valence-corrected chi connectivity index (χ4v) is 4.15. The number of methoxy groups -OCH3 is 1. The summed E-state index contributed by atoms with van der Waals surface area (Å²) in [4.78, 5) is 12.2. The molecule has 3 aliphatic rings. The second-order valence-corrected chi connectivity index (χ2v) is 7.11. The van der Waals surface area contributed by atoms with Crippen molar-refractivity contribution in [3.8, 4) is 5.75 Å². The molecule has 2 aromatic heterocycles. The molecule has 144 valence electrons. The SMILES string of the molecule is COc1ccncc1CN1CC2CC(C1)N2Cc1cccnc1C(F)(F)F. The molecular weight excluding hydrogens is 357 g/mol. The Morgan fingerprint density at radius 1 is 1.11 bits per heavy atom. The van der Waals surface area contributed by atoms with Gasteiger partial charge in [0.25, 0.3) is 0 Å². The maximum absolute atomic E-state index is 13.2. The van der Waals surface area contributed by atoms with Crippen molar-refractivity contribution in [3.63, 3.8) is 0 Å². The highest BCUT2D eigenvalue weighted by Crippen LogP contribution is 2.37. The van der Waals surface area contributed by atoms with Crippen molar-refractivity contribution in [1.29, 1.82) is 0 Å². The summed E-state index contributed by atoms with van der Waals surface area (Å²) in [6.07, 6.45) is 1.32. The molecule has 3 aliphatic heterocycles. The molecule has 0 amide bonds. The number of piperazine rings is 1. The van der Waals surface area contributed by atoms with Gasteiger partial charge in [-0.25, -0.2) is 0 Å². The highest BCUT2D eigenvalue weighted by Gasteiger charge is 2.45. The van der Waals surface area contributed by atoms with E-state index < -0.39 is 11.9 Å². The molecule has 27 heavy (non-hydrogen) atoms. The molecule has 5 heterocycles. The van der Waals surface area contributed by atoms with Gasteiger partial charge in [-0.05, 0) is 24.1 Å². The summed E-state index contributed by atoms with van der Waals surface area (Å²) < 4.78 is 44.9. The lowest BCUT2D eigenvalue weighted by molar-refractivity contribution is -0.143. The van der Waals surface area contributed by atoms with E-state index in [9.17, 15) is 13.2 Å². The van der Waals surface area contributed by atoms with Crippen LogP contribution in [0.15, 0.2) is 36.8 Å². The van der Waals surface area contributed by atoms with Crippen LogP contribution < -0.4 is 4.74 Å². The molecule has 5 nitrogen and oxygen atoms in total. The lowest BCUT2D eigenvalue weighted by Crippen LogP contribution is -2.67. The smallest absolute Gasteiger partial charge is 0.433 e. The molecule has 3 fully saturated rings. The molecule has 0 aliphatic carbocycles. The summed E-state index contributed by atoms with van der Waals surface area (Å²) in [5.41, 5.74) is 0.508. The van der Waals surface area contributed by atoms with Crippen LogP contribution in [0.2, 0.25) is 0 Å². The average molecular weight is 378 g/mol. The number of hydrogen-bond acceptors (Lipinski definition) is 5. The lowest BCUT2D eigenvalue weighted by atomic mass is 9.86. The Morgan fingerprint density at radius 3 is 2.59 bits per heavy atom. The zero-order chi connectivity index (χ0) is 19.0. The van der Waals surface area contributed by atoms with Gasteiger partial charge in [-0.1, -0.05) is 6.07 Å². The maximum Gasteiger partial charge on any atom is 0.433 e. The van der Waals surface area contributed by atoms with Gasteiger partial charge in [-0.3, -0.25) is 19.8 Å². The Labute approximate surface area is 155 Å². The minimum absolute atomic E-state index is 0.252. The Hall–Kier alpha value is -2.19. The van der Waals surface area contributed by atoms with E-state index in [0.29, 0.717) is 6.54 Å². The van der Waals surface area contributed by atoms with E-state index in [1.54, 1.807) is 19.4 Å². The number of halogens is 3. The average Bonchev–Trinajstić information content (AvgIpc) is 2.66. The zero-order valence-corrected chi connectivity index (χ0v) is 15.0. The third kappa shape index (κ3) is 3.64. The van der Waals surface area contributed by atoms with Crippen molar-refractivity contribution in [2.75, 3.05) is 20.2 Å². The van der Waals surface area contributed by atoms with Gasteiger partial charge in [-0.2, -0.15) is 13.2 Å².